The summed E-state index contributed by atoms with van der Waals surface area (Å²) in [5.41, 5.74) is 10.8. The zero-order valence-electron chi connectivity index (χ0n) is 28.1. The lowest BCUT2D eigenvalue weighted by molar-refractivity contribution is 0.471. The van der Waals surface area contributed by atoms with Gasteiger partial charge in [0.25, 0.3) is 0 Å². The Balaban J connectivity index is 0.000000200. The van der Waals surface area contributed by atoms with Crippen molar-refractivity contribution in [3.05, 3.63) is 142 Å². The van der Waals surface area contributed by atoms with Gasteiger partial charge in [0.2, 0.25) is 0 Å². The van der Waals surface area contributed by atoms with Crippen LogP contribution in [0.5, 0.6) is 5.75 Å². The average Bonchev–Trinajstić information content (AvgIpc) is 3.00. The monoisotopic (exact) mass is 609 g/mol. The minimum Gasteiger partial charge on any atom is -0.508 e. The van der Waals surface area contributed by atoms with E-state index in [0.717, 1.165) is 38.9 Å². The van der Waals surface area contributed by atoms with Gasteiger partial charge in [-0.1, -0.05) is 126 Å². The van der Waals surface area contributed by atoms with Gasteiger partial charge >= 0.3 is 5.63 Å². The predicted molar refractivity (Wildman–Crippen MR) is 192 cm³/mol. The molecule has 0 aliphatic rings. The van der Waals surface area contributed by atoms with E-state index in [9.17, 15) is 9.90 Å². The largest absolute Gasteiger partial charge is 0.508 e. The summed E-state index contributed by atoms with van der Waals surface area (Å²) in [6.07, 6.45) is 0. The Bertz CT molecular complexity index is 2060. The molecule has 6 rings (SSSR count). The molecule has 0 saturated carbocycles. The van der Waals surface area contributed by atoms with E-state index in [1.54, 1.807) is 0 Å². The van der Waals surface area contributed by atoms with Crippen molar-refractivity contribution in [3.8, 4) is 39.3 Å². The quantitative estimate of drug-likeness (QED) is 0.217. The van der Waals surface area contributed by atoms with Crippen molar-refractivity contribution in [2.75, 3.05) is 0 Å². The van der Waals surface area contributed by atoms with E-state index >= 15 is 0 Å². The van der Waals surface area contributed by atoms with Crippen LogP contribution in [0.3, 0.4) is 0 Å². The minimum absolute atomic E-state index is 0.0379. The maximum absolute atomic E-state index is 12.8. The van der Waals surface area contributed by atoms with Crippen LogP contribution in [0.15, 0.2) is 118 Å². The molecule has 1 aromatic heterocycles. The first-order valence-corrected chi connectivity index (χ1v) is 15.7. The summed E-state index contributed by atoms with van der Waals surface area (Å²) in [5.74, 6) is 0.334. The van der Waals surface area contributed by atoms with Crippen LogP contribution in [0.1, 0.15) is 63.8 Å². The molecule has 0 amide bonds. The van der Waals surface area contributed by atoms with Gasteiger partial charge < -0.3 is 9.52 Å². The Morgan fingerprint density at radius 2 is 1.13 bits per heavy atom. The van der Waals surface area contributed by atoms with Crippen LogP contribution in [0.25, 0.3) is 44.6 Å². The van der Waals surface area contributed by atoms with Crippen LogP contribution in [0.2, 0.25) is 0 Å². The van der Waals surface area contributed by atoms with Crippen molar-refractivity contribution in [1.82, 2.24) is 4.98 Å². The summed E-state index contributed by atoms with van der Waals surface area (Å²) in [5, 5.41) is 9.91. The van der Waals surface area contributed by atoms with Crippen molar-refractivity contribution in [2.45, 2.75) is 66.2 Å². The number of nitrogens with zero attached hydrogens (tertiary/aromatic N) is 1. The SMILES string of the molecule is Cc1ccccc1-c1cc(C(C)(C)C)cc2nc(-c3ccccc3)c(=O)oc12.Cc1ccccc1-c1cc(O)cc(C(C)(C)C)c1. The summed E-state index contributed by atoms with van der Waals surface area (Å²) < 4.78 is 5.84. The van der Waals surface area contributed by atoms with Crippen LogP contribution in [0, 0.1) is 13.8 Å². The maximum Gasteiger partial charge on any atom is 0.363 e. The summed E-state index contributed by atoms with van der Waals surface area (Å²) in [7, 11) is 0. The Morgan fingerprint density at radius 1 is 0.587 bits per heavy atom. The molecule has 4 nitrogen and oxygen atoms in total. The van der Waals surface area contributed by atoms with Gasteiger partial charge in [-0.2, -0.15) is 0 Å². The van der Waals surface area contributed by atoms with Gasteiger partial charge in [0.15, 0.2) is 11.3 Å². The van der Waals surface area contributed by atoms with Gasteiger partial charge in [-0.05, 0) is 87.9 Å². The highest BCUT2D eigenvalue weighted by Gasteiger charge is 2.21. The first kappa shape index (κ1) is 32.4. The zero-order chi connectivity index (χ0) is 33.2. The van der Waals surface area contributed by atoms with Crippen LogP contribution >= 0.6 is 0 Å². The smallest absolute Gasteiger partial charge is 0.363 e. The lowest BCUT2D eigenvalue weighted by Crippen LogP contribution is -2.13. The predicted octanol–water partition coefficient (Wildman–Crippen LogP) is 10.8. The van der Waals surface area contributed by atoms with Crippen molar-refractivity contribution >= 4 is 11.1 Å². The molecular weight excluding hydrogens is 566 g/mol. The molecular formula is C42H43NO3. The van der Waals surface area contributed by atoms with E-state index in [1.807, 2.05) is 72.8 Å². The fourth-order valence-electron chi connectivity index (χ4n) is 5.49. The Morgan fingerprint density at radius 3 is 1.72 bits per heavy atom. The summed E-state index contributed by atoms with van der Waals surface area (Å²) >= 11 is 0. The van der Waals surface area contributed by atoms with Crippen LogP contribution in [-0.2, 0) is 10.8 Å². The number of aromatic hydroxyl groups is 1. The highest BCUT2D eigenvalue weighted by atomic mass is 16.4. The molecule has 0 bridgehead atoms. The van der Waals surface area contributed by atoms with Crippen LogP contribution < -0.4 is 5.63 Å². The van der Waals surface area contributed by atoms with Crippen LogP contribution in [0.4, 0.5) is 0 Å². The molecule has 0 spiro atoms. The molecule has 6 aromatic rings. The summed E-state index contributed by atoms with van der Waals surface area (Å²) in [6, 6.07) is 35.8. The number of phenols is 1. The third kappa shape index (κ3) is 7.13. The molecule has 0 aliphatic heterocycles. The molecule has 1 N–H and O–H groups in total. The van der Waals surface area contributed by atoms with E-state index in [0.29, 0.717) is 22.5 Å². The highest BCUT2D eigenvalue weighted by Crippen LogP contribution is 2.36. The first-order valence-electron chi connectivity index (χ1n) is 15.7. The second-order valence-corrected chi connectivity index (χ2v) is 14.0. The molecule has 0 fully saturated rings. The van der Waals surface area contributed by atoms with E-state index in [4.69, 9.17) is 9.40 Å². The van der Waals surface area contributed by atoms with Crippen molar-refractivity contribution in [1.29, 1.82) is 0 Å². The second kappa shape index (κ2) is 12.8. The number of phenolic OH excluding ortho intramolecular Hbond substituents is 1. The molecule has 0 atom stereocenters. The zero-order valence-corrected chi connectivity index (χ0v) is 28.1. The molecule has 5 aromatic carbocycles. The van der Waals surface area contributed by atoms with E-state index in [-0.39, 0.29) is 10.8 Å². The van der Waals surface area contributed by atoms with E-state index in [2.05, 4.69) is 91.8 Å². The van der Waals surface area contributed by atoms with E-state index < -0.39 is 5.63 Å². The number of fused-ring (bicyclic) bond motifs is 1. The third-order valence-corrected chi connectivity index (χ3v) is 8.28. The average molecular weight is 610 g/mol. The minimum atomic E-state index is -0.419. The number of hydrogen-bond acceptors (Lipinski definition) is 4. The molecule has 234 valence electrons. The van der Waals surface area contributed by atoms with Gasteiger partial charge in [0, 0.05) is 11.1 Å². The summed E-state index contributed by atoms with van der Waals surface area (Å²) in [6.45, 7) is 17.1. The van der Waals surface area contributed by atoms with Crippen molar-refractivity contribution < 1.29 is 9.52 Å². The highest BCUT2D eigenvalue weighted by molar-refractivity contribution is 5.92. The number of aromatic nitrogens is 1. The van der Waals surface area contributed by atoms with E-state index in [1.165, 1.54) is 11.1 Å². The molecule has 46 heavy (non-hydrogen) atoms. The molecule has 1 heterocycles. The Kier molecular flexibility index (Phi) is 9.03. The standard InChI is InChI=1S/C25H23NO2.C17H20O/c1-16-10-8-9-13-19(16)20-14-18(25(2,3)4)15-21-23(20)28-24(27)22(26-21)17-11-6-5-7-12-17;1-12-7-5-6-8-16(12)13-9-14(17(2,3)4)11-15(18)10-13/h5-15H,1-4H3;5-11,18H,1-4H3. The second-order valence-electron chi connectivity index (χ2n) is 14.0. The Labute approximate surface area is 272 Å². The topological polar surface area (TPSA) is 63.3 Å². The van der Waals surface area contributed by atoms with Gasteiger partial charge in [-0.25, -0.2) is 9.78 Å². The van der Waals surface area contributed by atoms with Crippen molar-refractivity contribution in [2.24, 2.45) is 0 Å². The molecule has 0 unspecified atom stereocenters. The normalized spacial score (nSPS) is 11.7. The van der Waals surface area contributed by atoms with Gasteiger partial charge in [-0.15, -0.1) is 0 Å². The first-order chi connectivity index (χ1) is 21.7. The summed E-state index contributed by atoms with van der Waals surface area (Å²) in [4.78, 5) is 17.5. The lowest BCUT2D eigenvalue weighted by Gasteiger charge is -2.21. The fourth-order valence-corrected chi connectivity index (χ4v) is 5.49. The Hall–Kier alpha value is -4.96. The third-order valence-electron chi connectivity index (χ3n) is 8.28. The fraction of sp³-hybridized carbons (Fsp3) is 0.238. The number of benzene rings is 5. The van der Waals surface area contributed by atoms with Gasteiger partial charge in [0.1, 0.15) is 11.3 Å². The lowest BCUT2D eigenvalue weighted by atomic mass is 9.84. The molecule has 0 saturated heterocycles. The van der Waals surface area contributed by atoms with Gasteiger partial charge in [0.05, 0.1) is 0 Å². The molecule has 4 heteroatoms. The number of hydrogen-bond donors (Lipinski definition) is 1. The van der Waals surface area contributed by atoms with Gasteiger partial charge in [-0.3, -0.25) is 0 Å². The molecule has 0 aliphatic carbocycles. The maximum atomic E-state index is 12.8. The number of aryl methyl sites for hydroxylation is 2. The van der Waals surface area contributed by atoms with Crippen molar-refractivity contribution in [3.63, 3.8) is 0 Å². The molecule has 0 radical (unpaired) electrons. The number of rotatable bonds is 3. The van der Waals surface area contributed by atoms with Crippen LogP contribution in [-0.4, -0.2) is 10.1 Å².